The van der Waals surface area contributed by atoms with E-state index in [0.29, 0.717) is 13.0 Å². The number of ether oxygens (including phenoxy) is 1. The number of aromatic nitrogens is 3. The summed E-state index contributed by atoms with van der Waals surface area (Å²) in [5.74, 6) is 0.964. The van der Waals surface area contributed by atoms with Gasteiger partial charge in [0.2, 0.25) is 0 Å². The van der Waals surface area contributed by atoms with E-state index in [1.807, 2.05) is 48.5 Å². The van der Waals surface area contributed by atoms with Crippen LogP contribution in [0, 0.1) is 0 Å². The van der Waals surface area contributed by atoms with E-state index in [0.717, 1.165) is 33.6 Å². The Hall–Kier alpha value is -4.13. The largest absolute Gasteiger partial charge is 0.497 e. The number of hydrogen-bond donors (Lipinski definition) is 0. The fourth-order valence-corrected chi connectivity index (χ4v) is 3.37. The number of alkyl halides is 1. The SMILES string of the molecule is COc1ccc(Cn2c(=O)ccc3ncccc32)cc1.O=C1C=Cc2ncccc2C1.[2H]CF. The first kappa shape index (κ1) is 22.1. The van der Waals surface area contributed by atoms with E-state index in [-0.39, 0.29) is 11.3 Å². The highest BCUT2D eigenvalue weighted by Crippen LogP contribution is 2.15. The lowest BCUT2D eigenvalue weighted by atomic mass is 10.0. The van der Waals surface area contributed by atoms with Crippen molar-refractivity contribution >= 4 is 22.9 Å². The smallest absolute Gasteiger partial charge is 0.251 e. The molecule has 0 atom stereocenters. The molecule has 0 unspecified atom stereocenters. The molecule has 1 aromatic carbocycles. The topological polar surface area (TPSA) is 74.1 Å². The van der Waals surface area contributed by atoms with Crippen LogP contribution in [0.1, 0.15) is 18.2 Å². The molecular formula is C26H24FN3O3. The summed E-state index contributed by atoms with van der Waals surface area (Å²) in [6.07, 6.45) is 7.31. The van der Waals surface area contributed by atoms with E-state index in [9.17, 15) is 14.0 Å². The minimum Gasteiger partial charge on any atom is -0.497 e. The molecule has 7 heteroatoms. The summed E-state index contributed by atoms with van der Waals surface area (Å²) in [6.45, 7) is 0.520. The maximum absolute atomic E-state index is 12.1. The van der Waals surface area contributed by atoms with Gasteiger partial charge in [-0.25, -0.2) is 0 Å². The molecule has 3 aromatic heterocycles. The molecule has 0 radical (unpaired) electrons. The van der Waals surface area contributed by atoms with Crippen molar-refractivity contribution in [2.75, 3.05) is 14.3 Å². The number of benzene rings is 1. The second kappa shape index (κ2) is 11.5. The molecule has 0 aliphatic heterocycles. The van der Waals surface area contributed by atoms with Gasteiger partial charge in [0.15, 0.2) is 5.78 Å². The van der Waals surface area contributed by atoms with Crippen LogP contribution in [0.5, 0.6) is 5.75 Å². The first-order chi connectivity index (χ1) is 16.5. The standard InChI is InChI=1S/C16H14N2O2.C9H7NO.CH3F/c1-20-13-6-4-12(5-7-13)11-18-15-3-2-10-17-14(15)8-9-16(18)19;11-8-3-4-9-7(6-8)2-1-5-10-9;1-2/h2-10H,11H2,1H3;1-5H,6H2;1H3/i;;1D. The van der Waals surface area contributed by atoms with E-state index >= 15 is 0 Å². The van der Waals surface area contributed by atoms with Gasteiger partial charge in [-0.1, -0.05) is 18.2 Å². The Balaban J connectivity index is 0.000000194. The molecule has 5 rings (SSSR count). The van der Waals surface area contributed by atoms with Gasteiger partial charge in [0.05, 0.1) is 38.9 Å². The van der Waals surface area contributed by atoms with Crippen molar-refractivity contribution in [3.63, 3.8) is 0 Å². The van der Waals surface area contributed by atoms with E-state index < -0.39 is 7.15 Å². The lowest BCUT2D eigenvalue weighted by molar-refractivity contribution is -0.114. The summed E-state index contributed by atoms with van der Waals surface area (Å²) >= 11 is 0. The fourth-order valence-electron chi connectivity index (χ4n) is 3.37. The molecular weight excluding hydrogens is 421 g/mol. The molecule has 0 N–H and O–H groups in total. The Kier molecular flexibility index (Phi) is 7.68. The van der Waals surface area contributed by atoms with E-state index in [1.54, 1.807) is 48.4 Å². The predicted molar refractivity (Wildman–Crippen MR) is 127 cm³/mol. The van der Waals surface area contributed by atoms with Crippen molar-refractivity contribution in [2.45, 2.75) is 13.0 Å². The summed E-state index contributed by atoms with van der Waals surface area (Å²) in [5.41, 5.74) is 4.63. The Morgan fingerprint density at radius 1 is 1.00 bits per heavy atom. The van der Waals surface area contributed by atoms with Crippen LogP contribution in [0.25, 0.3) is 17.1 Å². The quantitative estimate of drug-likeness (QED) is 0.470. The molecule has 33 heavy (non-hydrogen) atoms. The van der Waals surface area contributed by atoms with Gasteiger partial charge in [0, 0.05) is 24.9 Å². The molecule has 1 aliphatic carbocycles. The highest BCUT2D eigenvalue weighted by molar-refractivity contribution is 5.97. The lowest BCUT2D eigenvalue weighted by Crippen LogP contribution is -2.20. The van der Waals surface area contributed by atoms with Gasteiger partial charge in [-0.3, -0.25) is 23.9 Å². The van der Waals surface area contributed by atoms with Gasteiger partial charge < -0.3 is 9.30 Å². The minimum atomic E-state index is -1.00. The maximum Gasteiger partial charge on any atom is 0.251 e. The number of carbonyl (C=O) groups is 1. The number of allylic oxidation sites excluding steroid dienone is 1. The van der Waals surface area contributed by atoms with Crippen molar-refractivity contribution < 1.29 is 15.3 Å². The number of nitrogens with zero attached hydrogens (tertiary/aromatic N) is 3. The molecule has 168 valence electrons. The zero-order valence-corrected chi connectivity index (χ0v) is 18.1. The van der Waals surface area contributed by atoms with Gasteiger partial charge >= 0.3 is 0 Å². The van der Waals surface area contributed by atoms with Crippen LogP contribution in [0.4, 0.5) is 4.39 Å². The maximum atomic E-state index is 12.1. The van der Waals surface area contributed by atoms with Crippen LogP contribution < -0.4 is 10.3 Å². The van der Waals surface area contributed by atoms with Gasteiger partial charge in [-0.15, -0.1) is 0 Å². The van der Waals surface area contributed by atoms with Crippen molar-refractivity contribution in [2.24, 2.45) is 0 Å². The van der Waals surface area contributed by atoms with Crippen molar-refractivity contribution in [1.82, 2.24) is 14.5 Å². The Morgan fingerprint density at radius 2 is 1.73 bits per heavy atom. The number of rotatable bonds is 3. The highest BCUT2D eigenvalue weighted by Gasteiger charge is 2.09. The second-order valence-electron chi connectivity index (χ2n) is 7.04. The first-order valence-electron chi connectivity index (χ1n) is 10.8. The van der Waals surface area contributed by atoms with Gasteiger partial charge in [0.1, 0.15) is 5.75 Å². The Labute approximate surface area is 192 Å². The highest BCUT2D eigenvalue weighted by atomic mass is 19.1. The fraction of sp³-hybridized carbons (Fsp3) is 0.154. The molecule has 0 spiro atoms. The normalized spacial score (nSPS) is 11.9. The molecule has 4 aromatic rings. The average Bonchev–Trinajstić information content (AvgIpc) is 2.87. The monoisotopic (exact) mass is 446 g/mol. The van der Waals surface area contributed by atoms with E-state index in [1.165, 1.54) is 0 Å². The number of pyridine rings is 3. The molecule has 0 saturated heterocycles. The van der Waals surface area contributed by atoms with E-state index in [2.05, 4.69) is 9.97 Å². The molecule has 0 saturated carbocycles. The first-order valence-corrected chi connectivity index (χ1v) is 10.1. The van der Waals surface area contributed by atoms with Crippen molar-refractivity contribution in [3.8, 4) is 5.75 Å². The Bertz CT molecular complexity index is 1340. The average molecular weight is 447 g/mol. The summed E-state index contributed by atoms with van der Waals surface area (Å²) in [4.78, 5) is 31.4. The van der Waals surface area contributed by atoms with Crippen molar-refractivity contribution in [3.05, 3.63) is 106 Å². The second-order valence-corrected chi connectivity index (χ2v) is 7.04. The van der Waals surface area contributed by atoms with Gasteiger partial charge in [-0.05, 0) is 59.7 Å². The van der Waals surface area contributed by atoms with Crippen LogP contribution in [-0.2, 0) is 17.8 Å². The number of fused-ring (bicyclic) bond motifs is 2. The summed E-state index contributed by atoms with van der Waals surface area (Å²) in [6, 6.07) is 18.5. The zero-order chi connectivity index (χ0) is 24.3. The molecule has 3 heterocycles. The van der Waals surface area contributed by atoms with Crippen LogP contribution in [-0.4, -0.2) is 34.6 Å². The minimum absolute atomic E-state index is 0.0266. The number of methoxy groups -OCH3 is 1. The van der Waals surface area contributed by atoms with Crippen LogP contribution in [0.2, 0.25) is 0 Å². The molecule has 6 nitrogen and oxygen atoms in total. The molecule has 0 bridgehead atoms. The molecule has 0 fully saturated rings. The van der Waals surface area contributed by atoms with E-state index in [4.69, 9.17) is 6.11 Å². The van der Waals surface area contributed by atoms with Crippen LogP contribution >= 0.6 is 0 Å². The number of halogens is 1. The van der Waals surface area contributed by atoms with Crippen molar-refractivity contribution in [1.29, 1.82) is 0 Å². The van der Waals surface area contributed by atoms with Crippen LogP contribution in [0.15, 0.2) is 83.9 Å². The lowest BCUT2D eigenvalue weighted by Gasteiger charge is -2.10. The number of carbonyl (C=O) groups excluding carboxylic acids is 1. The summed E-state index contributed by atoms with van der Waals surface area (Å²) < 4.78 is 22.4. The number of hydrogen-bond acceptors (Lipinski definition) is 5. The molecule has 1 aliphatic rings. The zero-order valence-electron chi connectivity index (χ0n) is 19.1. The predicted octanol–water partition coefficient (Wildman–Crippen LogP) is 4.26. The summed E-state index contributed by atoms with van der Waals surface area (Å²) in [5, 5.41) is 0. The van der Waals surface area contributed by atoms with Crippen LogP contribution in [0.3, 0.4) is 0 Å². The third-order valence-electron chi connectivity index (χ3n) is 4.97. The van der Waals surface area contributed by atoms with Gasteiger partial charge in [0.25, 0.3) is 5.56 Å². The molecule has 0 amide bonds. The number of ketones is 1. The summed E-state index contributed by atoms with van der Waals surface area (Å²) in [7, 11) is 0.635. The van der Waals surface area contributed by atoms with Gasteiger partial charge in [-0.2, -0.15) is 0 Å². The Morgan fingerprint density at radius 3 is 2.48 bits per heavy atom. The third kappa shape index (κ3) is 5.98. The third-order valence-corrected chi connectivity index (χ3v) is 4.97.